The molecule has 2 aliphatic rings. The van der Waals surface area contributed by atoms with Gasteiger partial charge in [0.1, 0.15) is 22.3 Å². The van der Waals surface area contributed by atoms with E-state index < -0.39 is 0 Å². The summed E-state index contributed by atoms with van der Waals surface area (Å²) >= 11 is 1.55. The van der Waals surface area contributed by atoms with Crippen LogP contribution in [0.4, 0.5) is 10.2 Å². The summed E-state index contributed by atoms with van der Waals surface area (Å²) in [6.45, 7) is 4.64. The monoisotopic (exact) mass is 529 g/mol. The Labute approximate surface area is 226 Å². The summed E-state index contributed by atoms with van der Waals surface area (Å²) in [4.78, 5) is 28.3. The minimum absolute atomic E-state index is 0.0501. The van der Waals surface area contributed by atoms with Gasteiger partial charge in [-0.3, -0.25) is 4.79 Å². The number of likely N-dealkylation sites (tertiary alicyclic amines) is 1. The average Bonchev–Trinajstić information content (AvgIpc) is 3.71. The van der Waals surface area contributed by atoms with Crippen LogP contribution in [0.2, 0.25) is 0 Å². The van der Waals surface area contributed by atoms with Crippen LogP contribution < -0.4 is 10.2 Å². The topological polar surface area (TPSA) is 61.4 Å². The SMILES string of the molecule is O=C(Cc1nc(N2CCCC2c2ccccc2)c2c(-c3ccc(F)cc3)csc2n1)NCCN1CCCC1. The Bertz CT molecular complexity index is 1400. The normalized spacial score (nSPS) is 17.9. The molecule has 0 spiro atoms. The van der Waals surface area contributed by atoms with Crippen LogP contribution in [0.25, 0.3) is 21.3 Å². The Kier molecular flexibility index (Phi) is 7.33. The third kappa shape index (κ3) is 5.28. The summed E-state index contributed by atoms with van der Waals surface area (Å²) < 4.78 is 13.7. The third-order valence-corrected chi connectivity index (χ3v) is 8.46. The van der Waals surface area contributed by atoms with E-state index in [1.165, 1.54) is 30.5 Å². The third-order valence-electron chi connectivity index (χ3n) is 7.59. The molecule has 4 aromatic rings. The molecule has 1 N–H and O–H groups in total. The van der Waals surface area contributed by atoms with Gasteiger partial charge in [0.15, 0.2) is 0 Å². The molecule has 0 bridgehead atoms. The fourth-order valence-electron chi connectivity index (χ4n) is 5.70. The van der Waals surface area contributed by atoms with Crippen molar-refractivity contribution in [1.82, 2.24) is 20.2 Å². The fraction of sp³-hybridized carbons (Fsp3) is 0.367. The largest absolute Gasteiger partial charge is 0.354 e. The van der Waals surface area contributed by atoms with Crippen molar-refractivity contribution in [2.75, 3.05) is 37.6 Å². The lowest BCUT2D eigenvalue weighted by Crippen LogP contribution is -2.34. The molecule has 0 aliphatic carbocycles. The summed E-state index contributed by atoms with van der Waals surface area (Å²) in [5.74, 6) is 1.09. The van der Waals surface area contributed by atoms with Crippen molar-refractivity contribution in [2.24, 2.45) is 0 Å². The van der Waals surface area contributed by atoms with E-state index >= 15 is 0 Å². The standard InChI is InChI=1S/C30H32FN5OS/c31-23-12-10-21(11-13-23)24-20-38-30-28(24)29(36-17-6-9-25(36)22-7-2-1-3-8-22)33-26(34-30)19-27(37)32-14-18-35-15-4-5-16-35/h1-3,7-8,10-13,20,25H,4-6,9,14-19H2,(H,32,37). The summed E-state index contributed by atoms with van der Waals surface area (Å²) in [6, 6.07) is 17.3. The second kappa shape index (κ2) is 11.2. The van der Waals surface area contributed by atoms with E-state index in [4.69, 9.17) is 9.97 Å². The molecule has 6 nitrogen and oxygen atoms in total. The zero-order valence-electron chi connectivity index (χ0n) is 21.4. The molecule has 4 heterocycles. The van der Waals surface area contributed by atoms with Gasteiger partial charge in [0.25, 0.3) is 0 Å². The number of carbonyl (C=O) groups excluding carboxylic acids is 1. The van der Waals surface area contributed by atoms with Crippen molar-refractivity contribution in [1.29, 1.82) is 0 Å². The number of amides is 1. The van der Waals surface area contributed by atoms with Crippen molar-refractivity contribution < 1.29 is 9.18 Å². The van der Waals surface area contributed by atoms with Crippen molar-refractivity contribution in [3.8, 4) is 11.1 Å². The number of hydrogen-bond acceptors (Lipinski definition) is 6. The highest BCUT2D eigenvalue weighted by Gasteiger charge is 2.30. The first-order valence-corrected chi connectivity index (χ1v) is 14.4. The molecule has 196 valence electrons. The van der Waals surface area contributed by atoms with Crippen LogP contribution in [0, 0.1) is 5.82 Å². The molecular formula is C30H32FN5OS. The van der Waals surface area contributed by atoms with Crippen molar-refractivity contribution in [3.63, 3.8) is 0 Å². The molecule has 8 heteroatoms. The van der Waals surface area contributed by atoms with Gasteiger partial charge >= 0.3 is 0 Å². The van der Waals surface area contributed by atoms with Crippen LogP contribution in [0.1, 0.15) is 43.1 Å². The summed E-state index contributed by atoms with van der Waals surface area (Å²) in [6.07, 6.45) is 4.74. The van der Waals surface area contributed by atoms with Gasteiger partial charge in [-0.1, -0.05) is 42.5 Å². The van der Waals surface area contributed by atoms with Crippen LogP contribution in [-0.4, -0.2) is 53.5 Å². The number of nitrogens with one attached hydrogen (secondary N) is 1. The molecule has 0 radical (unpaired) electrons. The highest BCUT2D eigenvalue weighted by Crippen LogP contribution is 2.43. The van der Waals surface area contributed by atoms with Crippen molar-refractivity contribution in [3.05, 3.63) is 77.2 Å². The second-order valence-corrected chi connectivity index (χ2v) is 11.0. The number of fused-ring (bicyclic) bond motifs is 1. The molecule has 0 saturated carbocycles. The van der Waals surface area contributed by atoms with E-state index in [9.17, 15) is 9.18 Å². The fourth-order valence-corrected chi connectivity index (χ4v) is 6.66. The Morgan fingerprint density at radius 1 is 1.00 bits per heavy atom. The maximum atomic E-state index is 13.7. The lowest BCUT2D eigenvalue weighted by Gasteiger charge is -2.27. The van der Waals surface area contributed by atoms with E-state index in [2.05, 4.69) is 44.8 Å². The molecule has 2 saturated heterocycles. The number of aromatic nitrogens is 2. The quantitative estimate of drug-likeness (QED) is 0.322. The van der Waals surface area contributed by atoms with Crippen LogP contribution >= 0.6 is 11.3 Å². The van der Waals surface area contributed by atoms with Crippen molar-refractivity contribution >= 4 is 33.3 Å². The lowest BCUT2D eigenvalue weighted by molar-refractivity contribution is -0.120. The summed E-state index contributed by atoms with van der Waals surface area (Å²) in [5.41, 5.74) is 3.20. The smallest absolute Gasteiger partial charge is 0.227 e. The molecule has 1 amide bonds. The first kappa shape index (κ1) is 24.9. The molecule has 38 heavy (non-hydrogen) atoms. The van der Waals surface area contributed by atoms with Crippen LogP contribution in [-0.2, 0) is 11.2 Å². The first-order chi connectivity index (χ1) is 18.7. The van der Waals surface area contributed by atoms with Crippen LogP contribution in [0.3, 0.4) is 0 Å². The number of hydrogen-bond donors (Lipinski definition) is 1. The van der Waals surface area contributed by atoms with Gasteiger partial charge in [0, 0.05) is 30.6 Å². The predicted molar refractivity (Wildman–Crippen MR) is 151 cm³/mol. The molecule has 2 fully saturated rings. The number of anilines is 1. The zero-order valence-corrected chi connectivity index (χ0v) is 22.2. The highest BCUT2D eigenvalue weighted by molar-refractivity contribution is 7.17. The number of nitrogens with zero attached hydrogens (tertiary/aromatic N) is 4. The van der Waals surface area contributed by atoms with Crippen LogP contribution in [0.5, 0.6) is 0 Å². The van der Waals surface area contributed by atoms with Crippen LogP contribution in [0.15, 0.2) is 60.0 Å². The van der Waals surface area contributed by atoms with Gasteiger partial charge in [-0.25, -0.2) is 14.4 Å². The molecule has 2 aromatic heterocycles. The van der Waals surface area contributed by atoms with Gasteiger partial charge in [-0.2, -0.15) is 0 Å². The maximum absolute atomic E-state index is 13.7. The van der Waals surface area contributed by atoms with E-state index in [-0.39, 0.29) is 24.2 Å². The number of halogens is 1. The Morgan fingerprint density at radius 2 is 1.79 bits per heavy atom. The molecule has 6 rings (SSSR count). The van der Waals surface area contributed by atoms with Gasteiger partial charge in [0.05, 0.1) is 17.8 Å². The Hall–Kier alpha value is -3.36. The molecule has 1 unspecified atom stereocenters. The number of carbonyl (C=O) groups is 1. The predicted octanol–water partition coefficient (Wildman–Crippen LogP) is 5.59. The number of thiophene rings is 1. The molecule has 2 aliphatic heterocycles. The molecule has 2 aromatic carbocycles. The van der Waals surface area contributed by atoms with Gasteiger partial charge in [0.2, 0.25) is 5.91 Å². The first-order valence-electron chi connectivity index (χ1n) is 13.5. The van der Waals surface area contributed by atoms with E-state index in [0.29, 0.717) is 12.4 Å². The number of benzene rings is 2. The van der Waals surface area contributed by atoms with Crippen molar-refractivity contribution in [2.45, 2.75) is 38.1 Å². The van der Waals surface area contributed by atoms with E-state index in [0.717, 1.165) is 66.2 Å². The van der Waals surface area contributed by atoms with Gasteiger partial charge < -0.3 is 15.1 Å². The van der Waals surface area contributed by atoms with Gasteiger partial charge in [-0.05, 0) is 62.0 Å². The molecular weight excluding hydrogens is 497 g/mol. The van der Waals surface area contributed by atoms with Gasteiger partial charge in [-0.15, -0.1) is 11.3 Å². The maximum Gasteiger partial charge on any atom is 0.227 e. The zero-order chi connectivity index (χ0) is 25.9. The summed E-state index contributed by atoms with van der Waals surface area (Å²) in [5, 5.41) is 6.11. The summed E-state index contributed by atoms with van der Waals surface area (Å²) in [7, 11) is 0. The minimum atomic E-state index is -0.258. The molecule has 1 atom stereocenters. The van der Waals surface area contributed by atoms with E-state index in [1.807, 2.05) is 6.07 Å². The van der Waals surface area contributed by atoms with E-state index in [1.54, 1.807) is 23.5 Å². The Balaban J connectivity index is 1.33. The Morgan fingerprint density at radius 3 is 2.58 bits per heavy atom. The average molecular weight is 530 g/mol. The number of rotatable bonds is 8. The second-order valence-electron chi connectivity index (χ2n) is 10.1. The lowest BCUT2D eigenvalue weighted by atomic mass is 10.0. The highest BCUT2D eigenvalue weighted by atomic mass is 32.1. The minimum Gasteiger partial charge on any atom is -0.354 e.